The number of hydrogen-bond donors (Lipinski definition) is 1. The average molecular weight is 335 g/mol. The van der Waals surface area contributed by atoms with Crippen LogP contribution in [0, 0.1) is 10.8 Å². The summed E-state index contributed by atoms with van der Waals surface area (Å²) in [6, 6.07) is 0. The van der Waals surface area contributed by atoms with Gasteiger partial charge in [0.2, 0.25) is 0 Å². The van der Waals surface area contributed by atoms with E-state index >= 15 is 0 Å². The van der Waals surface area contributed by atoms with Gasteiger partial charge in [-0.3, -0.25) is 4.79 Å². The van der Waals surface area contributed by atoms with Gasteiger partial charge in [0.05, 0.1) is 0 Å². The van der Waals surface area contributed by atoms with E-state index in [9.17, 15) is 4.79 Å². The Morgan fingerprint density at radius 2 is 1.29 bits per heavy atom. The standard InChI is InChI=1S/C22H38O2/c1-6-7-16-21(2,3)18-19-22(4,5)17-14-12-10-8-9-11-13-15-20(23)24/h7,14,16-19H,6,8-13,15H2,1-5H3,(H,23,24). The molecule has 0 atom stereocenters. The van der Waals surface area contributed by atoms with Crippen molar-refractivity contribution in [2.75, 3.05) is 0 Å². The van der Waals surface area contributed by atoms with Crippen molar-refractivity contribution >= 4 is 5.97 Å². The Morgan fingerprint density at radius 3 is 1.83 bits per heavy atom. The van der Waals surface area contributed by atoms with Gasteiger partial charge in [-0.1, -0.05) is 90.3 Å². The molecule has 0 fully saturated rings. The molecule has 1 N–H and O–H groups in total. The highest BCUT2D eigenvalue weighted by molar-refractivity contribution is 5.66. The van der Waals surface area contributed by atoms with Crippen LogP contribution >= 0.6 is 0 Å². The van der Waals surface area contributed by atoms with Crippen molar-refractivity contribution in [1.29, 1.82) is 0 Å². The van der Waals surface area contributed by atoms with Crippen LogP contribution in [0.15, 0.2) is 36.5 Å². The third-order valence-electron chi connectivity index (χ3n) is 4.03. The van der Waals surface area contributed by atoms with Gasteiger partial charge in [-0.2, -0.15) is 0 Å². The second-order valence-electron chi connectivity index (χ2n) is 7.89. The van der Waals surface area contributed by atoms with Crippen LogP contribution in [0.25, 0.3) is 0 Å². The maximum atomic E-state index is 10.4. The number of carboxylic acid groups (broad SMARTS) is 1. The maximum Gasteiger partial charge on any atom is 0.303 e. The number of carbonyl (C=O) groups is 1. The number of carboxylic acids is 1. The zero-order valence-corrected chi connectivity index (χ0v) is 16.5. The van der Waals surface area contributed by atoms with Gasteiger partial charge in [-0.05, 0) is 25.7 Å². The normalized spacial score (nSPS) is 13.5. The third kappa shape index (κ3) is 14.3. The van der Waals surface area contributed by atoms with Gasteiger partial charge in [0.25, 0.3) is 0 Å². The van der Waals surface area contributed by atoms with Gasteiger partial charge in [-0.15, -0.1) is 0 Å². The molecule has 2 heteroatoms. The lowest BCUT2D eigenvalue weighted by Crippen LogP contribution is -2.07. The quantitative estimate of drug-likeness (QED) is 0.293. The molecule has 0 rings (SSSR count). The predicted molar refractivity (Wildman–Crippen MR) is 105 cm³/mol. The molecule has 0 radical (unpaired) electrons. The summed E-state index contributed by atoms with van der Waals surface area (Å²) in [5, 5.41) is 8.58. The van der Waals surface area contributed by atoms with Crippen LogP contribution in [0.1, 0.15) is 86.0 Å². The number of unbranched alkanes of at least 4 members (excludes halogenated alkanes) is 5. The monoisotopic (exact) mass is 334 g/mol. The van der Waals surface area contributed by atoms with Crippen molar-refractivity contribution in [1.82, 2.24) is 0 Å². The Morgan fingerprint density at radius 1 is 0.792 bits per heavy atom. The number of aliphatic carboxylic acids is 1. The molecular weight excluding hydrogens is 296 g/mol. The Hall–Kier alpha value is -1.31. The molecule has 2 nitrogen and oxygen atoms in total. The molecular formula is C22H38O2. The molecule has 0 aromatic rings. The highest BCUT2D eigenvalue weighted by Gasteiger charge is 2.13. The molecule has 0 saturated heterocycles. The number of hydrogen-bond acceptors (Lipinski definition) is 1. The van der Waals surface area contributed by atoms with E-state index in [0.29, 0.717) is 6.42 Å². The second-order valence-corrected chi connectivity index (χ2v) is 7.89. The van der Waals surface area contributed by atoms with Gasteiger partial charge in [0.1, 0.15) is 0 Å². The smallest absolute Gasteiger partial charge is 0.303 e. The molecule has 0 aromatic carbocycles. The Kier molecular flexibility index (Phi) is 11.4. The minimum Gasteiger partial charge on any atom is -0.481 e. The topological polar surface area (TPSA) is 37.3 Å². The first-order chi connectivity index (χ1) is 11.2. The van der Waals surface area contributed by atoms with Gasteiger partial charge < -0.3 is 5.11 Å². The first-order valence-electron chi connectivity index (χ1n) is 9.46. The van der Waals surface area contributed by atoms with Crippen LogP contribution in [0.5, 0.6) is 0 Å². The van der Waals surface area contributed by atoms with E-state index in [0.717, 1.165) is 32.1 Å². The molecule has 0 spiro atoms. The second kappa shape index (κ2) is 12.1. The molecule has 138 valence electrons. The molecule has 0 aliphatic rings. The van der Waals surface area contributed by atoms with E-state index in [-0.39, 0.29) is 10.8 Å². The minimum absolute atomic E-state index is 0.0822. The fourth-order valence-electron chi connectivity index (χ4n) is 2.42. The van der Waals surface area contributed by atoms with Crippen LogP contribution in [0.2, 0.25) is 0 Å². The molecule has 0 aromatic heterocycles. The van der Waals surface area contributed by atoms with E-state index < -0.39 is 5.97 Å². The maximum absolute atomic E-state index is 10.4. The highest BCUT2D eigenvalue weighted by Crippen LogP contribution is 2.26. The van der Waals surface area contributed by atoms with Crippen LogP contribution in [-0.2, 0) is 4.79 Å². The zero-order valence-electron chi connectivity index (χ0n) is 16.5. The van der Waals surface area contributed by atoms with Gasteiger partial charge in [0, 0.05) is 17.3 Å². The lowest BCUT2D eigenvalue weighted by Gasteiger charge is -2.20. The summed E-state index contributed by atoms with van der Waals surface area (Å²) < 4.78 is 0. The van der Waals surface area contributed by atoms with E-state index in [1.165, 1.54) is 12.8 Å². The van der Waals surface area contributed by atoms with E-state index in [2.05, 4.69) is 71.1 Å². The van der Waals surface area contributed by atoms with Crippen molar-refractivity contribution in [2.45, 2.75) is 86.0 Å². The van der Waals surface area contributed by atoms with Crippen molar-refractivity contribution in [3.63, 3.8) is 0 Å². The zero-order chi connectivity index (χ0) is 18.5. The summed E-state index contributed by atoms with van der Waals surface area (Å²) in [6.45, 7) is 11.1. The highest BCUT2D eigenvalue weighted by atomic mass is 16.4. The van der Waals surface area contributed by atoms with Crippen molar-refractivity contribution < 1.29 is 9.90 Å². The molecule has 0 bridgehead atoms. The molecule has 0 aliphatic carbocycles. The predicted octanol–water partition coefficient (Wildman–Crippen LogP) is 6.93. The molecule has 24 heavy (non-hydrogen) atoms. The summed E-state index contributed by atoms with van der Waals surface area (Å²) in [6.07, 6.45) is 21.5. The van der Waals surface area contributed by atoms with Crippen LogP contribution in [0.4, 0.5) is 0 Å². The lowest BCUT2D eigenvalue weighted by molar-refractivity contribution is -0.137. The average Bonchev–Trinajstić information content (AvgIpc) is 2.49. The first kappa shape index (κ1) is 22.7. The third-order valence-corrected chi connectivity index (χ3v) is 4.03. The van der Waals surface area contributed by atoms with Crippen molar-refractivity contribution in [3.8, 4) is 0 Å². The SMILES string of the molecule is CCC=CC(C)(C)C=CC(C)(C)C=CCCCCCCCC(=O)O. The van der Waals surface area contributed by atoms with E-state index in [1.54, 1.807) is 0 Å². The van der Waals surface area contributed by atoms with Gasteiger partial charge in [-0.25, -0.2) is 0 Å². The summed E-state index contributed by atoms with van der Waals surface area (Å²) >= 11 is 0. The first-order valence-corrected chi connectivity index (χ1v) is 9.46. The molecule has 0 saturated carbocycles. The largest absolute Gasteiger partial charge is 0.481 e. The summed E-state index contributed by atoms with van der Waals surface area (Å²) in [5.74, 6) is -0.679. The fourth-order valence-corrected chi connectivity index (χ4v) is 2.42. The number of allylic oxidation sites excluding steroid dienone is 6. The Balaban J connectivity index is 4.02. The summed E-state index contributed by atoms with van der Waals surface area (Å²) in [7, 11) is 0. The number of rotatable bonds is 13. The molecule has 0 heterocycles. The van der Waals surface area contributed by atoms with Crippen molar-refractivity contribution in [3.05, 3.63) is 36.5 Å². The van der Waals surface area contributed by atoms with Crippen molar-refractivity contribution in [2.24, 2.45) is 10.8 Å². The van der Waals surface area contributed by atoms with E-state index in [4.69, 9.17) is 5.11 Å². The minimum atomic E-state index is -0.679. The molecule has 0 amide bonds. The fraction of sp³-hybridized carbons (Fsp3) is 0.682. The van der Waals surface area contributed by atoms with Crippen LogP contribution in [0.3, 0.4) is 0 Å². The molecule has 0 unspecified atom stereocenters. The summed E-state index contributed by atoms with van der Waals surface area (Å²) in [4.78, 5) is 10.4. The Labute approximate surface area is 149 Å². The Bertz CT molecular complexity index is 425. The van der Waals surface area contributed by atoms with E-state index in [1.807, 2.05) is 0 Å². The van der Waals surface area contributed by atoms with Gasteiger partial charge in [0.15, 0.2) is 0 Å². The van der Waals surface area contributed by atoms with Gasteiger partial charge >= 0.3 is 5.97 Å². The molecule has 0 aliphatic heterocycles. The van der Waals surface area contributed by atoms with Crippen LogP contribution in [-0.4, -0.2) is 11.1 Å². The van der Waals surface area contributed by atoms with Crippen LogP contribution < -0.4 is 0 Å². The lowest BCUT2D eigenvalue weighted by atomic mass is 9.85. The summed E-state index contributed by atoms with van der Waals surface area (Å²) in [5.41, 5.74) is 0.190.